The molecule has 9 heteroatoms. The molecule has 4 atom stereocenters. The summed E-state index contributed by atoms with van der Waals surface area (Å²) < 4.78 is 5.46. The number of aliphatic hydroxyl groups excluding tert-OH is 1. The minimum absolute atomic E-state index is 0.0412. The molecule has 0 aliphatic carbocycles. The fourth-order valence-electron chi connectivity index (χ4n) is 5.69. The molecule has 35 heavy (non-hydrogen) atoms. The number of β-amino-alcohol motifs (C(OH)–C–C–N with tert-alkyl or cyclic N) is 1. The van der Waals surface area contributed by atoms with Crippen molar-refractivity contribution in [3.8, 4) is 0 Å². The van der Waals surface area contributed by atoms with Crippen molar-refractivity contribution in [3.63, 3.8) is 0 Å². The summed E-state index contributed by atoms with van der Waals surface area (Å²) in [7, 11) is 0. The molecule has 1 aromatic rings. The molecule has 4 rings (SSSR count). The zero-order chi connectivity index (χ0) is 25.3. The van der Waals surface area contributed by atoms with Crippen molar-refractivity contribution in [1.29, 1.82) is 0 Å². The van der Waals surface area contributed by atoms with Gasteiger partial charge in [-0.05, 0) is 49.1 Å². The van der Waals surface area contributed by atoms with Crippen LogP contribution in [0.15, 0.2) is 18.2 Å². The van der Waals surface area contributed by atoms with Crippen molar-refractivity contribution in [2.45, 2.75) is 57.8 Å². The van der Waals surface area contributed by atoms with Crippen LogP contribution in [-0.4, -0.2) is 96.6 Å². The molecular weight excluding hydrogens is 448 g/mol. The second kappa shape index (κ2) is 10.6. The number of nitrogens with zero attached hydrogens (tertiary/aromatic N) is 3. The molecule has 3 fully saturated rings. The lowest BCUT2D eigenvalue weighted by Crippen LogP contribution is -2.46. The van der Waals surface area contributed by atoms with Crippen LogP contribution in [0.5, 0.6) is 0 Å². The smallest absolute Gasteiger partial charge is 0.249 e. The Morgan fingerprint density at radius 1 is 1.20 bits per heavy atom. The van der Waals surface area contributed by atoms with Crippen LogP contribution in [-0.2, 0) is 14.3 Å². The molecule has 1 aromatic carbocycles. The maximum Gasteiger partial charge on any atom is 0.249 e. The molecule has 9 nitrogen and oxygen atoms in total. The highest BCUT2D eigenvalue weighted by molar-refractivity contribution is 5.99. The van der Waals surface area contributed by atoms with Crippen LogP contribution in [0.3, 0.4) is 0 Å². The zero-order valence-corrected chi connectivity index (χ0v) is 21.0. The number of amides is 2. The summed E-state index contributed by atoms with van der Waals surface area (Å²) in [5, 5.41) is 10.4. The molecule has 0 radical (unpaired) electrons. The lowest BCUT2D eigenvalue weighted by Gasteiger charge is -2.36. The van der Waals surface area contributed by atoms with E-state index in [9.17, 15) is 19.5 Å². The number of likely N-dealkylation sites (tertiary alicyclic amines) is 1. The Hall–Kier alpha value is -2.49. The number of nitrogens with two attached hydrogens (primary N) is 1. The number of ketones is 1. The maximum atomic E-state index is 13.9. The second-order valence-electron chi connectivity index (χ2n) is 10.4. The van der Waals surface area contributed by atoms with Crippen LogP contribution in [0.2, 0.25) is 0 Å². The van der Waals surface area contributed by atoms with Crippen LogP contribution in [0, 0.1) is 5.92 Å². The Morgan fingerprint density at radius 3 is 2.54 bits per heavy atom. The predicted octanol–water partition coefficient (Wildman–Crippen LogP) is 0.987. The van der Waals surface area contributed by atoms with Gasteiger partial charge in [0.1, 0.15) is 24.9 Å². The van der Waals surface area contributed by atoms with E-state index in [4.69, 9.17) is 10.5 Å². The van der Waals surface area contributed by atoms with E-state index in [-0.39, 0.29) is 30.8 Å². The van der Waals surface area contributed by atoms with Gasteiger partial charge in [-0.25, -0.2) is 0 Å². The number of carbonyl (C=O) groups excluding carboxylic acids is 3. The number of primary amides is 1. The lowest BCUT2D eigenvalue weighted by atomic mass is 9.85. The number of ether oxygens (including phenoxy) is 1. The first-order valence-electron chi connectivity index (χ1n) is 12.7. The fraction of sp³-hybridized carbons (Fsp3) is 0.654. The number of hydrogen-bond acceptors (Lipinski definition) is 7. The van der Waals surface area contributed by atoms with Gasteiger partial charge in [0, 0.05) is 37.4 Å². The molecule has 3 N–H and O–H groups in total. The molecule has 0 unspecified atom stereocenters. The third kappa shape index (κ3) is 5.22. The van der Waals surface area contributed by atoms with Crippen molar-refractivity contribution < 1.29 is 24.2 Å². The van der Waals surface area contributed by atoms with Gasteiger partial charge in [0.15, 0.2) is 5.78 Å². The molecular formula is C26H38N4O5. The first-order chi connectivity index (χ1) is 16.7. The van der Waals surface area contributed by atoms with Gasteiger partial charge >= 0.3 is 0 Å². The van der Waals surface area contributed by atoms with Gasteiger partial charge in [-0.3, -0.25) is 19.3 Å². The van der Waals surface area contributed by atoms with Gasteiger partial charge in [0.2, 0.25) is 11.8 Å². The summed E-state index contributed by atoms with van der Waals surface area (Å²) in [6.45, 7) is 10.9. The van der Waals surface area contributed by atoms with E-state index in [1.807, 2.05) is 26.0 Å². The quantitative estimate of drug-likeness (QED) is 0.563. The molecule has 0 saturated carbocycles. The average molecular weight is 487 g/mol. The van der Waals surface area contributed by atoms with Crippen LogP contribution < -0.4 is 10.6 Å². The number of aliphatic hydroxyl groups is 1. The summed E-state index contributed by atoms with van der Waals surface area (Å²) in [6.07, 6.45) is 0.0205. The van der Waals surface area contributed by atoms with E-state index in [1.54, 1.807) is 6.07 Å². The van der Waals surface area contributed by atoms with Crippen molar-refractivity contribution in [2.24, 2.45) is 11.7 Å². The first kappa shape index (κ1) is 25.6. The van der Waals surface area contributed by atoms with E-state index in [0.29, 0.717) is 17.5 Å². The average Bonchev–Trinajstić information content (AvgIpc) is 3.37. The fourth-order valence-corrected chi connectivity index (χ4v) is 5.69. The number of carbonyl (C=O) groups is 3. The van der Waals surface area contributed by atoms with Crippen LogP contribution in [0.1, 0.15) is 55.5 Å². The highest BCUT2D eigenvalue weighted by atomic mass is 16.5. The van der Waals surface area contributed by atoms with E-state index < -0.39 is 30.1 Å². The Bertz CT molecular complexity index is 959. The van der Waals surface area contributed by atoms with Crippen molar-refractivity contribution in [1.82, 2.24) is 9.80 Å². The molecule has 3 heterocycles. The van der Waals surface area contributed by atoms with Crippen LogP contribution >= 0.6 is 0 Å². The summed E-state index contributed by atoms with van der Waals surface area (Å²) in [4.78, 5) is 45.0. The lowest BCUT2D eigenvalue weighted by molar-refractivity contribution is -0.138. The minimum atomic E-state index is -0.906. The third-order valence-corrected chi connectivity index (χ3v) is 7.40. The number of Topliss-reactive ketones (excluding diaryl/α,β-unsaturated/α-hetero) is 1. The summed E-state index contributed by atoms with van der Waals surface area (Å²) >= 11 is 0. The highest BCUT2D eigenvalue weighted by Crippen LogP contribution is 2.36. The van der Waals surface area contributed by atoms with Gasteiger partial charge in [0.25, 0.3) is 0 Å². The Labute approximate surface area is 207 Å². The monoisotopic (exact) mass is 486 g/mol. The van der Waals surface area contributed by atoms with Gasteiger partial charge in [-0.1, -0.05) is 20.8 Å². The number of piperazine rings is 1. The van der Waals surface area contributed by atoms with Crippen LogP contribution in [0.4, 0.5) is 5.69 Å². The number of benzene rings is 1. The van der Waals surface area contributed by atoms with Gasteiger partial charge < -0.3 is 25.4 Å². The molecule has 3 saturated heterocycles. The van der Waals surface area contributed by atoms with E-state index in [2.05, 4.69) is 16.7 Å². The summed E-state index contributed by atoms with van der Waals surface area (Å²) in [5.74, 6) is -1.54. The molecule has 0 bridgehead atoms. The van der Waals surface area contributed by atoms with Crippen molar-refractivity contribution in [3.05, 3.63) is 29.3 Å². The molecule has 3 aliphatic heterocycles. The number of hydrogen-bond donors (Lipinski definition) is 2. The standard InChI is InChI=1S/C26H38N4O5/c1-4-7-28-8-10-29(11-9-28)17-5-6-18(25(27)33)19(13-17)20(12-16(2)3)26(34)30-14-21(31)24-23(30)22(32)15-35-24/h5-6,13,16,20-21,23-24,31H,4,7-12,14-15H2,1-3H3,(H2,27,33)/t20-,21-,23+,24+/m0/s1. The Morgan fingerprint density at radius 2 is 1.91 bits per heavy atom. The molecule has 0 spiro atoms. The normalized spacial score (nSPS) is 25.9. The van der Waals surface area contributed by atoms with Crippen molar-refractivity contribution >= 4 is 23.3 Å². The van der Waals surface area contributed by atoms with Gasteiger partial charge in [0.05, 0.1) is 12.5 Å². The summed E-state index contributed by atoms with van der Waals surface area (Å²) in [6, 6.07) is 4.77. The van der Waals surface area contributed by atoms with Crippen LogP contribution in [0.25, 0.3) is 0 Å². The number of fused-ring (bicyclic) bond motifs is 1. The largest absolute Gasteiger partial charge is 0.388 e. The van der Waals surface area contributed by atoms with E-state index >= 15 is 0 Å². The van der Waals surface area contributed by atoms with Crippen molar-refractivity contribution in [2.75, 3.05) is 50.8 Å². The Balaban J connectivity index is 1.66. The molecule has 3 aliphatic rings. The van der Waals surface area contributed by atoms with E-state index in [0.717, 1.165) is 44.8 Å². The number of rotatable bonds is 8. The summed E-state index contributed by atoms with van der Waals surface area (Å²) in [5.41, 5.74) is 7.62. The predicted molar refractivity (Wildman–Crippen MR) is 132 cm³/mol. The SMILES string of the molecule is CCCN1CCN(c2ccc(C(N)=O)c([C@H](CC(C)C)C(=O)N3C[C@H](O)[C@H]4OCC(=O)[C@H]43)c2)CC1. The molecule has 0 aromatic heterocycles. The minimum Gasteiger partial charge on any atom is -0.388 e. The molecule has 2 amide bonds. The Kier molecular flexibility index (Phi) is 7.78. The second-order valence-corrected chi connectivity index (χ2v) is 10.4. The zero-order valence-electron chi connectivity index (χ0n) is 21.0. The maximum absolute atomic E-state index is 13.9. The number of anilines is 1. The van der Waals surface area contributed by atoms with Gasteiger partial charge in [-0.2, -0.15) is 0 Å². The third-order valence-electron chi connectivity index (χ3n) is 7.40. The molecule has 192 valence electrons. The topological polar surface area (TPSA) is 116 Å². The van der Waals surface area contributed by atoms with Gasteiger partial charge in [-0.15, -0.1) is 0 Å². The first-order valence-corrected chi connectivity index (χ1v) is 12.7. The van der Waals surface area contributed by atoms with E-state index in [1.165, 1.54) is 4.90 Å². The highest BCUT2D eigenvalue weighted by Gasteiger charge is 2.52.